The SMILES string of the molecule is CCCCCCCCCCCCCCCCOC(=O)O[C@H]1CC[C@@]2(C)C(=CC[C@H]3[C@H]4CC[C@H](CCCCCCCC)[C@@]4(C)CC[C@@H]32)C1. The zero-order chi connectivity index (χ0) is 33.4. The van der Waals surface area contributed by atoms with Gasteiger partial charge in [0.1, 0.15) is 6.10 Å². The first kappa shape index (κ1) is 38.8. The smallest absolute Gasteiger partial charge is 0.434 e. The molecule has 0 spiro atoms. The summed E-state index contributed by atoms with van der Waals surface area (Å²) in [6.45, 7) is 10.4. The van der Waals surface area contributed by atoms with E-state index in [-0.39, 0.29) is 6.10 Å². The van der Waals surface area contributed by atoms with Crippen LogP contribution in [0.3, 0.4) is 0 Å². The summed E-state index contributed by atoms with van der Waals surface area (Å²) in [6.07, 6.45) is 41.1. The molecule has 0 aromatic heterocycles. The van der Waals surface area contributed by atoms with E-state index >= 15 is 0 Å². The fourth-order valence-corrected chi connectivity index (χ4v) is 11.1. The monoisotopic (exact) mass is 655 g/mol. The molecule has 3 nitrogen and oxygen atoms in total. The number of carbonyl (C=O) groups is 1. The van der Waals surface area contributed by atoms with Gasteiger partial charge in [-0.05, 0) is 92.3 Å². The van der Waals surface area contributed by atoms with Crippen molar-refractivity contribution in [2.75, 3.05) is 6.61 Å². The van der Waals surface area contributed by atoms with Gasteiger partial charge in [-0.3, -0.25) is 0 Å². The van der Waals surface area contributed by atoms with Crippen molar-refractivity contribution >= 4 is 6.16 Å². The predicted octanol–water partition coefficient (Wildman–Crippen LogP) is 14.3. The van der Waals surface area contributed by atoms with Crippen molar-refractivity contribution in [2.24, 2.45) is 34.5 Å². The van der Waals surface area contributed by atoms with Crippen LogP contribution in [0.2, 0.25) is 0 Å². The highest BCUT2D eigenvalue weighted by atomic mass is 16.7. The lowest BCUT2D eigenvalue weighted by molar-refractivity contribution is -0.0563. The summed E-state index contributed by atoms with van der Waals surface area (Å²) < 4.78 is 11.4. The van der Waals surface area contributed by atoms with Crippen molar-refractivity contribution in [1.29, 1.82) is 0 Å². The average Bonchev–Trinajstić information content (AvgIpc) is 3.40. The van der Waals surface area contributed by atoms with Gasteiger partial charge in [-0.15, -0.1) is 0 Å². The molecular weight excluding hydrogens is 576 g/mol. The van der Waals surface area contributed by atoms with Gasteiger partial charge in [0.05, 0.1) is 6.61 Å². The molecule has 0 bridgehead atoms. The van der Waals surface area contributed by atoms with E-state index in [1.54, 1.807) is 5.57 Å². The second-order valence-electron chi connectivity index (χ2n) is 17.3. The van der Waals surface area contributed by atoms with E-state index in [9.17, 15) is 4.79 Å². The number of hydrogen-bond donors (Lipinski definition) is 0. The largest absolute Gasteiger partial charge is 0.508 e. The Morgan fingerprint density at radius 1 is 0.681 bits per heavy atom. The molecule has 0 aromatic rings. The summed E-state index contributed by atoms with van der Waals surface area (Å²) in [6, 6.07) is 0. The van der Waals surface area contributed by atoms with Crippen LogP contribution in [0.25, 0.3) is 0 Å². The first-order chi connectivity index (χ1) is 22.9. The van der Waals surface area contributed by atoms with E-state index in [0.29, 0.717) is 17.4 Å². The van der Waals surface area contributed by atoms with Crippen molar-refractivity contribution in [3.8, 4) is 0 Å². The van der Waals surface area contributed by atoms with Crippen molar-refractivity contribution < 1.29 is 14.3 Å². The Kier molecular flexibility index (Phi) is 17.0. The molecule has 0 unspecified atom stereocenters. The van der Waals surface area contributed by atoms with Crippen molar-refractivity contribution in [3.05, 3.63) is 11.6 Å². The van der Waals surface area contributed by atoms with Crippen LogP contribution in [0, 0.1) is 34.5 Å². The minimum absolute atomic E-state index is 0.00300. The summed E-state index contributed by atoms with van der Waals surface area (Å²) >= 11 is 0. The van der Waals surface area contributed by atoms with Crippen LogP contribution in [-0.4, -0.2) is 18.9 Å². The van der Waals surface area contributed by atoms with E-state index < -0.39 is 6.16 Å². The van der Waals surface area contributed by atoms with Gasteiger partial charge >= 0.3 is 6.16 Å². The van der Waals surface area contributed by atoms with Crippen LogP contribution in [0.15, 0.2) is 11.6 Å². The number of hydrogen-bond acceptors (Lipinski definition) is 3. The van der Waals surface area contributed by atoms with Gasteiger partial charge in [-0.25, -0.2) is 4.79 Å². The van der Waals surface area contributed by atoms with E-state index in [4.69, 9.17) is 9.47 Å². The number of ether oxygens (including phenoxy) is 2. The topological polar surface area (TPSA) is 35.5 Å². The van der Waals surface area contributed by atoms with Crippen LogP contribution < -0.4 is 0 Å². The maximum atomic E-state index is 12.6. The van der Waals surface area contributed by atoms with Crippen molar-refractivity contribution in [2.45, 2.75) is 220 Å². The predicted molar refractivity (Wildman–Crippen MR) is 200 cm³/mol. The lowest BCUT2D eigenvalue weighted by atomic mass is 9.47. The molecule has 272 valence electrons. The van der Waals surface area contributed by atoms with E-state index in [0.717, 1.165) is 49.4 Å². The molecule has 0 N–H and O–H groups in total. The number of unbranched alkanes of at least 4 members (excludes halogenated alkanes) is 18. The van der Waals surface area contributed by atoms with Gasteiger partial charge in [0.15, 0.2) is 0 Å². The highest BCUT2D eigenvalue weighted by molar-refractivity contribution is 5.60. The number of carbonyl (C=O) groups excluding carboxylic acids is 1. The molecule has 3 saturated carbocycles. The molecule has 0 heterocycles. The van der Waals surface area contributed by atoms with Gasteiger partial charge in [-0.1, -0.05) is 161 Å². The Bertz CT molecular complexity index is 910. The third kappa shape index (κ3) is 11.3. The maximum absolute atomic E-state index is 12.6. The fourth-order valence-electron chi connectivity index (χ4n) is 11.1. The van der Waals surface area contributed by atoms with Gasteiger partial charge in [0, 0.05) is 6.42 Å². The second-order valence-corrected chi connectivity index (χ2v) is 17.3. The Balaban J connectivity index is 1.08. The third-order valence-corrected chi connectivity index (χ3v) is 14.1. The van der Waals surface area contributed by atoms with Crippen LogP contribution in [0.1, 0.15) is 214 Å². The molecule has 0 aromatic carbocycles. The minimum Gasteiger partial charge on any atom is -0.434 e. The zero-order valence-corrected chi connectivity index (χ0v) is 31.9. The zero-order valence-electron chi connectivity index (χ0n) is 31.9. The Morgan fingerprint density at radius 2 is 1.26 bits per heavy atom. The van der Waals surface area contributed by atoms with Crippen molar-refractivity contribution in [1.82, 2.24) is 0 Å². The summed E-state index contributed by atoms with van der Waals surface area (Å²) in [4.78, 5) is 12.6. The quantitative estimate of drug-likeness (QED) is 0.0625. The summed E-state index contributed by atoms with van der Waals surface area (Å²) in [7, 11) is 0. The Hall–Kier alpha value is -0.990. The lowest BCUT2D eigenvalue weighted by Crippen LogP contribution is -2.50. The van der Waals surface area contributed by atoms with E-state index in [2.05, 4.69) is 33.8 Å². The molecule has 47 heavy (non-hydrogen) atoms. The van der Waals surface area contributed by atoms with Gasteiger partial charge < -0.3 is 9.47 Å². The highest BCUT2D eigenvalue weighted by Crippen LogP contribution is 2.66. The molecular formula is C44H78O3. The standard InChI is InChI=1S/C44H78O3/c1-5-7-9-11-13-14-15-16-17-18-19-20-22-24-34-46-42(45)47-38-30-32-44(4)37(35-38)26-28-39-40-29-27-36(25-23-21-12-10-8-6-2)43(40,3)33-31-41(39)44/h26,36,38-41H,5-25,27-35H2,1-4H3/t36-,38-,39-,40+,41-,43+,44-/m0/s1. The first-order valence-electron chi connectivity index (χ1n) is 21.4. The molecule has 0 aliphatic heterocycles. The average molecular weight is 655 g/mol. The molecule has 3 fully saturated rings. The summed E-state index contributed by atoms with van der Waals surface area (Å²) in [5.41, 5.74) is 2.48. The van der Waals surface area contributed by atoms with Crippen LogP contribution in [-0.2, 0) is 9.47 Å². The van der Waals surface area contributed by atoms with Crippen molar-refractivity contribution in [3.63, 3.8) is 0 Å². The molecule has 4 aliphatic rings. The number of rotatable bonds is 23. The molecule has 7 atom stereocenters. The minimum atomic E-state index is -0.432. The molecule has 0 saturated heterocycles. The molecule has 0 radical (unpaired) electrons. The molecule has 0 amide bonds. The van der Waals surface area contributed by atoms with Crippen LogP contribution in [0.4, 0.5) is 4.79 Å². The normalized spacial score (nSPS) is 31.5. The fraction of sp³-hybridized carbons (Fsp3) is 0.932. The molecule has 4 aliphatic carbocycles. The van der Waals surface area contributed by atoms with Gasteiger partial charge in [-0.2, -0.15) is 0 Å². The number of fused-ring (bicyclic) bond motifs is 5. The highest BCUT2D eigenvalue weighted by Gasteiger charge is 2.58. The molecule has 3 heteroatoms. The second kappa shape index (κ2) is 20.6. The van der Waals surface area contributed by atoms with Crippen LogP contribution in [0.5, 0.6) is 0 Å². The number of allylic oxidation sites excluding steroid dienone is 1. The maximum Gasteiger partial charge on any atom is 0.508 e. The molecule has 4 rings (SSSR count). The van der Waals surface area contributed by atoms with Gasteiger partial charge in [0.2, 0.25) is 0 Å². The summed E-state index contributed by atoms with van der Waals surface area (Å²) in [5.74, 6) is 3.56. The lowest BCUT2D eigenvalue weighted by Gasteiger charge is -2.58. The third-order valence-electron chi connectivity index (χ3n) is 14.1. The Labute approximate surface area is 292 Å². The first-order valence-corrected chi connectivity index (χ1v) is 21.4. The van der Waals surface area contributed by atoms with E-state index in [1.807, 2.05) is 0 Å². The Morgan fingerprint density at radius 3 is 1.87 bits per heavy atom. The van der Waals surface area contributed by atoms with Gasteiger partial charge in [0.25, 0.3) is 0 Å². The summed E-state index contributed by atoms with van der Waals surface area (Å²) in [5, 5.41) is 0. The van der Waals surface area contributed by atoms with Crippen LogP contribution >= 0.6 is 0 Å². The van der Waals surface area contributed by atoms with E-state index in [1.165, 1.54) is 161 Å².